The van der Waals surface area contributed by atoms with Gasteiger partial charge >= 0.3 is 0 Å². The minimum Gasteiger partial charge on any atom is -0.384 e. The largest absolute Gasteiger partial charge is 0.384 e. The minimum atomic E-state index is 0.471. The zero-order valence-electron chi connectivity index (χ0n) is 9.00. The van der Waals surface area contributed by atoms with Crippen molar-refractivity contribution in [2.75, 3.05) is 19.5 Å². The minimum absolute atomic E-state index is 0.471. The lowest BCUT2D eigenvalue weighted by atomic mass is 10.2. The van der Waals surface area contributed by atoms with Crippen molar-refractivity contribution in [3.05, 3.63) is 24.7 Å². The number of hydrogen-bond donors (Lipinski definition) is 1. The average molecular weight is 219 g/mol. The molecule has 0 aliphatic carbocycles. The number of nitrogens with zero attached hydrogens (tertiary/aromatic N) is 4. The van der Waals surface area contributed by atoms with E-state index in [0.29, 0.717) is 19.0 Å². The van der Waals surface area contributed by atoms with Crippen LogP contribution in [0.4, 0.5) is 5.82 Å². The normalized spacial score (nSPS) is 10.6. The molecular formula is C10H13N5O. The van der Waals surface area contributed by atoms with E-state index in [4.69, 9.17) is 10.5 Å². The Balaban J connectivity index is 2.29. The van der Waals surface area contributed by atoms with Crippen LogP contribution >= 0.6 is 0 Å². The third-order valence-electron chi connectivity index (χ3n) is 2.19. The number of rotatable bonds is 4. The van der Waals surface area contributed by atoms with Crippen molar-refractivity contribution in [3.8, 4) is 11.4 Å². The van der Waals surface area contributed by atoms with Crippen LogP contribution in [-0.4, -0.2) is 33.5 Å². The number of methoxy groups -OCH3 is 1. The Morgan fingerprint density at radius 1 is 1.50 bits per heavy atom. The first kappa shape index (κ1) is 10.6. The van der Waals surface area contributed by atoms with Gasteiger partial charge in [-0.1, -0.05) is 0 Å². The average Bonchev–Trinajstić information content (AvgIpc) is 2.74. The van der Waals surface area contributed by atoms with Crippen molar-refractivity contribution >= 4 is 5.82 Å². The van der Waals surface area contributed by atoms with E-state index in [1.165, 1.54) is 0 Å². The molecule has 2 aromatic rings. The Labute approximate surface area is 93.1 Å². The molecule has 6 heteroatoms. The Kier molecular flexibility index (Phi) is 3.11. The summed E-state index contributed by atoms with van der Waals surface area (Å²) in [4.78, 5) is 3.94. The quantitative estimate of drug-likeness (QED) is 0.813. The second-order valence-corrected chi connectivity index (χ2v) is 3.31. The van der Waals surface area contributed by atoms with Gasteiger partial charge in [-0.25, -0.2) is 4.98 Å². The molecule has 6 nitrogen and oxygen atoms in total. The Morgan fingerprint density at radius 2 is 2.38 bits per heavy atom. The topological polar surface area (TPSA) is 78.8 Å². The molecule has 2 rings (SSSR count). The van der Waals surface area contributed by atoms with E-state index in [0.717, 1.165) is 11.4 Å². The van der Waals surface area contributed by atoms with Crippen LogP contribution in [0.5, 0.6) is 0 Å². The second-order valence-electron chi connectivity index (χ2n) is 3.31. The van der Waals surface area contributed by atoms with Gasteiger partial charge in [0.15, 0.2) is 5.82 Å². The predicted molar refractivity (Wildman–Crippen MR) is 59.5 cm³/mol. The zero-order valence-corrected chi connectivity index (χ0v) is 9.00. The molecule has 2 heterocycles. The van der Waals surface area contributed by atoms with Gasteiger partial charge in [0.05, 0.1) is 6.61 Å². The maximum absolute atomic E-state index is 5.62. The molecule has 0 spiro atoms. The van der Waals surface area contributed by atoms with Gasteiger partial charge in [-0.05, 0) is 12.1 Å². The van der Waals surface area contributed by atoms with E-state index in [1.807, 2.05) is 10.6 Å². The van der Waals surface area contributed by atoms with Crippen LogP contribution in [0.15, 0.2) is 24.7 Å². The van der Waals surface area contributed by atoms with Gasteiger partial charge in [0.25, 0.3) is 0 Å². The van der Waals surface area contributed by atoms with Gasteiger partial charge < -0.3 is 15.0 Å². The standard InChI is InChI=1S/C10H13N5O/c1-16-5-4-15-7-13-14-10(15)8-2-3-12-9(11)6-8/h2-3,6-7H,4-5H2,1H3,(H2,11,12). The molecule has 0 aliphatic heterocycles. The Morgan fingerprint density at radius 3 is 3.12 bits per heavy atom. The van der Waals surface area contributed by atoms with Gasteiger partial charge in [-0.15, -0.1) is 10.2 Å². The molecule has 84 valence electrons. The third-order valence-corrected chi connectivity index (χ3v) is 2.19. The summed E-state index contributed by atoms with van der Waals surface area (Å²) in [6.45, 7) is 1.33. The molecular weight excluding hydrogens is 206 g/mol. The molecule has 0 fully saturated rings. The van der Waals surface area contributed by atoms with E-state index in [2.05, 4.69) is 15.2 Å². The molecule has 0 radical (unpaired) electrons. The molecule has 0 aliphatic rings. The predicted octanol–water partition coefficient (Wildman–Crippen LogP) is 0.569. The molecule has 0 saturated carbocycles. The highest BCUT2D eigenvalue weighted by atomic mass is 16.5. The van der Waals surface area contributed by atoms with Crippen molar-refractivity contribution in [2.24, 2.45) is 0 Å². The maximum Gasteiger partial charge on any atom is 0.164 e. The van der Waals surface area contributed by atoms with Gasteiger partial charge in [0.2, 0.25) is 0 Å². The fourth-order valence-electron chi connectivity index (χ4n) is 1.42. The van der Waals surface area contributed by atoms with Crippen molar-refractivity contribution < 1.29 is 4.74 Å². The lowest BCUT2D eigenvalue weighted by molar-refractivity contribution is 0.187. The van der Waals surface area contributed by atoms with Crippen LogP contribution in [0, 0.1) is 0 Å². The van der Waals surface area contributed by atoms with Gasteiger partial charge in [-0.2, -0.15) is 0 Å². The molecule has 2 aromatic heterocycles. The first-order chi connectivity index (χ1) is 7.81. The van der Waals surface area contributed by atoms with E-state index in [1.54, 1.807) is 25.7 Å². The van der Waals surface area contributed by atoms with Crippen molar-refractivity contribution in [2.45, 2.75) is 6.54 Å². The molecule has 0 atom stereocenters. The molecule has 0 bridgehead atoms. The summed E-state index contributed by atoms with van der Waals surface area (Å²) in [5, 5.41) is 7.93. The summed E-state index contributed by atoms with van der Waals surface area (Å²) in [5.41, 5.74) is 6.53. The maximum atomic E-state index is 5.62. The fourth-order valence-corrected chi connectivity index (χ4v) is 1.42. The Bertz CT molecular complexity index is 468. The fraction of sp³-hybridized carbons (Fsp3) is 0.300. The van der Waals surface area contributed by atoms with Crippen LogP contribution < -0.4 is 5.73 Å². The number of hydrogen-bond acceptors (Lipinski definition) is 5. The summed E-state index contributed by atoms with van der Waals surface area (Å²) >= 11 is 0. The van der Waals surface area contributed by atoms with E-state index in [9.17, 15) is 0 Å². The van der Waals surface area contributed by atoms with E-state index < -0.39 is 0 Å². The molecule has 0 unspecified atom stereocenters. The second kappa shape index (κ2) is 4.71. The highest BCUT2D eigenvalue weighted by molar-refractivity contribution is 5.58. The van der Waals surface area contributed by atoms with Gasteiger partial charge in [0.1, 0.15) is 12.1 Å². The monoisotopic (exact) mass is 219 g/mol. The molecule has 16 heavy (non-hydrogen) atoms. The van der Waals surface area contributed by atoms with Crippen LogP contribution in [0.2, 0.25) is 0 Å². The van der Waals surface area contributed by atoms with E-state index >= 15 is 0 Å². The van der Waals surface area contributed by atoms with Crippen molar-refractivity contribution in [1.82, 2.24) is 19.7 Å². The van der Waals surface area contributed by atoms with Crippen LogP contribution in [0.25, 0.3) is 11.4 Å². The summed E-state index contributed by atoms with van der Waals surface area (Å²) in [6, 6.07) is 3.62. The highest BCUT2D eigenvalue weighted by Gasteiger charge is 2.07. The Hall–Kier alpha value is -1.95. The third kappa shape index (κ3) is 2.17. The number of ether oxygens (including phenoxy) is 1. The van der Waals surface area contributed by atoms with Crippen molar-refractivity contribution in [1.29, 1.82) is 0 Å². The SMILES string of the molecule is COCCn1cnnc1-c1ccnc(N)c1. The number of pyridine rings is 1. The van der Waals surface area contributed by atoms with Crippen LogP contribution in [-0.2, 0) is 11.3 Å². The lowest BCUT2D eigenvalue weighted by Crippen LogP contribution is -2.05. The lowest BCUT2D eigenvalue weighted by Gasteiger charge is -2.05. The first-order valence-electron chi connectivity index (χ1n) is 4.90. The molecule has 2 N–H and O–H groups in total. The molecule has 0 saturated heterocycles. The van der Waals surface area contributed by atoms with Crippen LogP contribution in [0.3, 0.4) is 0 Å². The smallest absolute Gasteiger partial charge is 0.164 e. The molecule has 0 amide bonds. The number of nitrogen functional groups attached to an aromatic ring is 1. The summed E-state index contributed by atoms with van der Waals surface area (Å²) < 4.78 is 6.93. The highest BCUT2D eigenvalue weighted by Crippen LogP contribution is 2.17. The van der Waals surface area contributed by atoms with Crippen LogP contribution in [0.1, 0.15) is 0 Å². The van der Waals surface area contributed by atoms with Gasteiger partial charge in [0, 0.05) is 25.4 Å². The summed E-state index contributed by atoms with van der Waals surface area (Å²) in [7, 11) is 1.66. The van der Waals surface area contributed by atoms with Gasteiger partial charge in [-0.3, -0.25) is 0 Å². The first-order valence-corrected chi connectivity index (χ1v) is 4.90. The number of anilines is 1. The molecule has 0 aromatic carbocycles. The zero-order chi connectivity index (χ0) is 11.4. The number of nitrogens with two attached hydrogens (primary N) is 1. The van der Waals surface area contributed by atoms with Crippen molar-refractivity contribution in [3.63, 3.8) is 0 Å². The van der Waals surface area contributed by atoms with E-state index in [-0.39, 0.29) is 0 Å². The summed E-state index contributed by atoms with van der Waals surface area (Å²) in [5.74, 6) is 1.24. The number of aromatic nitrogens is 4. The summed E-state index contributed by atoms with van der Waals surface area (Å²) in [6.07, 6.45) is 3.32.